The van der Waals surface area contributed by atoms with Gasteiger partial charge in [-0.05, 0) is 43.4 Å². The lowest BCUT2D eigenvalue weighted by atomic mass is 10.0. The van der Waals surface area contributed by atoms with Crippen LogP contribution in [0.25, 0.3) is 0 Å². The molecule has 0 spiro atoms. The van der Waals surface area contributed by atoms with Gasteiger partial charge in [0, 0.05) is 38.9 Å². The fraction of sp³-hybridized carbons (Fsp3) is 0.619. The Labute approximate surface area is 164 Å². The van der Waals surface area contributed by atoms with Gasteiger partial charge in [0.2, 0.25) is 5.91 Å². The van der Waals surface area contributed by atoms with E-state index < -0.39 is 0 Å². The van der Waals surface area contributed by atoms with Crippen LogP contribution in [-0.2, 0) is 16.1 Å². The van der Waals surface area contributed by atoms with Gasteiger partial charge in [0.1, 0.15) is 0 Å². The van der Waals surface area contributed by atoms with Crippen LogP contribution in [0, 0.1) is 5.92 Å². The van der Waals surface area contributed by atoms with Gasteiger partial charge in [-0.2, -0.15) is 0 Å². The molecule has 1 atom stereocenters. The van der Waals surface area contributed by atoms with Crippen LogP contribution in [0.3, 0.4) is 0 Å². The Balaban J connectivity index is 2.47. The highest BCUT2D eigenvalue weighted by Crippen LogP contribution is 2.12. The highest BCUT2D eigenvalue weighted by molar-refractivity contribution is 5.90. The number of rotatable bonds is 11. The number of nitrogens with zero attached hydrogens (tertiary/aromatic N) is 1. The Morgan fingerprint density at radius 3 is 2.63 bits per heavy atom. The van der Waals surface area contributed by atoms with E-state index in [-0.39, 0.29) is 12.0 Å². The first-order valence-corrected chi connectivity index (χ1v) is 9.95. The van der Waals surface area contributed by atoms with E-state index in [2.05, 4.69) is 34.8 Å². The molecule has 0 aliphatic rings. The van der Waals surface area contributed by atoms with Gasteiger partial charge in [-0.3, -0.25) is 9.79 Å². The van der Waals surface area contributed by atoms with Gasteiger partial charge < -0.3 is 20.7 Å². The molecule has 0 heterocycles. The molecule has 1 aromatic carbocycles. The lowest BCUT2D eigenvalue weighted by Gasteiger charge is -2.21. The molecule has 0 aromatic heterocycles. The minimum absolute atomic E-state index is 0.0501. The fourth-order valence-electron chi connectivity index (χ4n) is 2.77. The van der Waals surface area contributed by atoms with Crippen LogP contribution in [0.15, 0.2) is 29.3 Å². The number of aliphatic imine (C=N–C) groups is 1. The van der Waals surface area contributed by atoms with Crippen LogP contribution >= 0.6 is 0 Å². The van der Waals surface area contributed by atoms with Crippen LogP contribution in [-0.4, -0.2) is 38.2 Å². The summed E-state index contributed by atoms with van der Waals surface area (Å²) >= 11 is 0. The number of hydrogen-bond donors (Lipinski definition) is 3. The quantitative estimate of drug-likeness (QED) is 0.408. The lowest BCUT2D eigenvalue weighted by molar-refractivity contribution is -0.116. The average Bonchev–Trinajstić information content (AvgIpc) is 2.64. The zero-order valence-electron chi connectivity index (χ0n) is 17.5. The molecule has 27 heavy (non-hydrogen) atoms. The standard InChI is InChI=1S/C21H36N4O2/c1-6-9-20(26)25-18-11-8-10-17(14-18)15-24-21(22-5)23-13-12-19(16(3)4)27-7-2/h8,10-11,14,16,19H,6-7,9,12-13,15H2,1-5H3,(H,25,26)(H2,22,23,24). The van der Waals surface area contributed by atoms with Crippen LogP contribution in [0.4, 0.5) is 5.69 Å². The van der Waals surface area contributed by atoms with Gasteiger partial charge in [0.15, 0.2) is 5.96 Å². The second-order valence-electron chi connectivity index (χ2n) is 6.88. The van der Waals surface area contributed by atoms with Crippen LogP contribution in [0.5, 0.6) is 0 Å². The van der Waals surface area contributed by atoms with Crippen molar-refractivity contribution in [2.75, 3.05) is 25.5 Å². The van der Waals surface area contributed by atoms with E-state index in [0.29, 0.717) is 18.9 Å². The second-order valence-corrected chi connectivity index (χ2v) is 6.88. The summed E-state index contributed by atoms with van der Waals surface area (Å²) < 4.78 is 5.78. The summed E-state index contributed by atoms with van der Waals surface area (Å²) in [5.41, 5.74) is 1.91. The molecule has 1 rings (SSSR count). The predicted octanol–water partition coefficient (Wildman–Crippen LogP) is 3.54. The van der Waals surface area contributed by atoms with E-state index >= 15 is 0 Å². The smallest absolute Gasteiger partial charge is 0.224 e. The van der Waals surface area contributed by atoms with Crippen LogP contribution in [0.1, 0.15) is 52.5 Å². The third-order valence-corrected chi connectivity index (χ3v) is 4.22. The molecule has 0 saturated carbocycles. The molecule has 6 heteroatoms. The van der Waals surface area contributed by atoms with E-state index in [1.807, 2.05) is 38.1 Å². The number of ether oxygens (including phenoxy) is 1. The van der Waals surface area contributed by atoms with Gasteiger partial charge in [0.05, 0.1) is 6.10 Å². The zero-order valence-corrected chi connectivity index (χ0v) is 17.5. The van der Waals surface area contributed by atoms with Crippen molar-refractivity contribution in [1.29, 1.82) is 0 Å². The van der Waals surface area contributed by atoms with Gasteiger partial charge in [-0.1, -0.05) is 32.9 Å². The molecule has 0 radical (unpaired) electrons. The summed E-state index contributed by atoms with van der Waals surface area (Å²) in [5.74, 6) is 1.30. The van der Waals surface area contributed by atoms with E-state index in [9.17, 15) is 4.79 Å². The van der Waals surface area contributed by atoms with Gasteiger partial charge in [-0.25, -0.2) is 0 Å². The summed E-state index contributed by atoms with van der Waals surface area (Å²) in [4.78, 5) is 16.0. The number of carbonyl (C=O) groups is 1. The first-order chi connectivity index (χ1) is 13.0. The molecule has 0 saturated heterocycles. The first-order valence-electron chi connectivity index (χ1n) is 9.95. The maximum atomic E-state index is 11.7. The number of benzene rings is 1. The van der Waals surface area contributed by atoms with Gasteiger partial charge in [0.25, 0.3) is 0 Å². The SMILES string of the molecule is CCCC(=O)Nc1cccc(CNC(=NC)NCCC(OCC)C(C)C)c1. The fourth-order valence-corrected chi connectivity index (χ4v) is 2.77. The van der Waals surface area contributed by atoms with Crippen molar-refractivity contribution >= 4 is 17.6 Å². The van der Waals surface area contributed by atoms with Crippen molar-refractivity contribution in [3.8, 4) is 0 Å². The average molecular weight is 377 g/mol. The molecule has 152 valence electrons. The maximum Gasteiger partial charge on any atom is 0.224 e. The lowest BCUT2D eigenvalue weighted by Crippen LogP contribution is -2.38. The van der Waals surface area contributed by atoms with Gasteiger partial charge >= 0.3 is 0 Å². The third-order valence-electron chi connectivity index (χ3n) is 4.22. The molecule has 0 fully saturated rings. The van der Waals surface area contributed by atoms with E-state index in [1.54, 1.807) is 7.05 Å². The largest absolute Gasteiger partial charge is 0.378 e. The predicted molar refractivity (Wildman–Crippen MR) is 113 cm³/mol. The number of nitrogens with one attached hydrogen (secondary N) is 3. The third kappa shape index (κ3) is 9.43. The molecule has 6 nitrogen and oxygen atoms in total. The Morgan fingerprint density at radius 2 is 2.00 bits per heavy atom. The van der Waals surface area contributed by atoms with Crippen molar-refractivity contribution in [2.24, 2.45) is 10.9 Å². The number of hydrogen-bond acceptors (Lipinski definition) is 3. The van der Waals surface area contributed by atoms with Crippen LogP contribution in [0.2, 0.25) is 0 Å². The summed E-state index contributed by atoms with van der Waals surface area (Å²) in [6.07, 6.45) is 2.57. The van der Waals surface area contributed by atoms with E-state index in [1.165, 1.54) is 0 Å². The summed E-state index contributed by atoms with van der Waals surface area (Å²) in [6, 6.07) is 7.87. The highest BCUT2D eigenvalue weighted by Gasteiger charge is 2.13. The van der Waals surface area contributed by atoms with Crippen LogP contribution < -0.4 is 16.0 Å². The number of amides is 1. The number of anilines is 1. The Bertz CT molecular complexity index is 587. The van der Waals surface area contributed by atoms with E-state index in [4.69, 9.17) is 4.74 Å². The Morgan fingerprint density at radius 1 is 1.22 bits per heavy atom. The first kappa shape index (κ1) is 23.0. The second kappa shape index (κ2) is 13.1. The molecule has 0 aliphatic heterocycles. The van der Waals surface area contributed by atoms with E-state index in [0.717, 1.165) is 43.2 Å². The summed E-state index contributed by atoms with van der Waals surface area (Å²) in [6.45, 7) is 10.6. The van der Waals surface area contributed by atoms with Crippen molar-refractivity contribution in [1.82, 2.24) is 10.6 Å². The summed E-state index contributed by atoms with van der Waals surface area (Å²) in [5, 5.41) is 9.58. The topological polar surface area (TPSA) is 74.8 Å². The van der Waals surface area contributed by atoms with Crippen molar-refractivity contribution in [3.63, 3.8) is 0 Å². The molecule has 1 aromatic rings. The molecule has 3 N–H and O–H groups in total. The number of carbonyl (C=O) groups excluding carboxylic acids is 1. The summed E-state index contributed by atoms with van der Waals surface area (Å²) in [7, 11) is 1.76. The molecular formula is C21H36N4O2. The maximum absolute atomic E-state index is 11.7. The van der Waals surface area contributed by atoms with Crippen molar-refractivity contribution in [3.05, 3.63) is 29.8 Å². The molecule has 1 unspecified atom stereocenters. The Kier molecular flexibility index (Phi) is 11.2. The molecule has 1 amide bonds. The van der Waals surface area contributed by atoms with Gasteiger partial charge in [-0.15, -0.1) is 0 Å². The normalized spacial score (nSPS) is 12.7. The van der Waals surface area contributed by atoms with Crippen molar-refractivity contribution < 1.29 is 9.53 Å². The molecule has 0 bridgehead atoms. The molecular weight excluding hydrogens is 340 g/mol. The minimum Gasteiger partial charge on any atom is -0.378 e. The minimum atomic E-state index is 0.0501. The zero-order chi connectivity index (χ0) is 20.1. The highest BCUT2D eigenvalue weighted by atomic mass is 16.5. The monoisotopic (exact) mass is 376 g/mol. The number of guanidine groups is 1. The van der Waals surface area contributed by atoms with Crippen molar-refractivity contribution in [2.45, 2.75) is 59.6 Å². The Hall–Kier alpha value is -2.08. The molecule has 0 aliphatic carbocycles.